The molecule has 1 aromatic heterocycles. The van der Waals surface area contributed by atoms with Crippen molar-refractivity contribution in [3.63, 3.8) is 0 Å². The average molecular weight is 315 g/mol. The highest BCUT2D eigenvalue weighted by molar-refractivity contribution is 5.90. The SMILES string of the molecule is O=C(CCCOc1ccccc1)Nc1ccc(NCCO)nc1. The Labute approximate surface area is 135 Å². The molecule has 6 nitrogen and oxygen atoms in total. The maximum Gasteiger partial charge on any atom is 0.224 e. The molecule has 23 heavy (non-hydrogen) atoms. The number of rotatable bonds is 9. The summed E-state index contributed by atoms with van der Waals surface area (Å²) in [6.07, 6.45) is 2.61. The Kier molecular flexibility index (Phi) is 6.87. The van der Waals surface area contributed by atoms with Gasteiger partial charge in [-0.2, -0.15) is 0 Å². The van der Waals surface area contributed by atoms with Gasteiger partial charge in [0, 0.05) is 13.0 Å². The van der Waals surface area contributed by atoms with E-state index in [1.54, 1.807) is 18.3 Å². The first kappa shape index (κ1) is 16.8. The largest absolute Gasteiger partial charge is 0.494 e. The van der Waals surface area contributed by atoms with Gasteiger partial charge in [-0.3, -0.25) is 4.79 Å². The molecule has 0 saturated carbocycles. The summed E-state index contributed by atoms with van der Waals surface area (Å²) in [6.45, 7) is 0.991. The molecule has 0 aliphatic carbocycles. The van der Waals surface area contributed by atoms with Crippen molar-refractivity contribution in [2.24, 2.45) is 0 Å². The Hall–Kier alpha value is -2.60. The van der Waals surface area contributed by atoms with E-state index in [9.17, 15) is 4.79 Å². The van der Waals surface area contributed by atoms with E-state index in [1.807, 2.05) is 30.3 Å². The van der Waals surface area contributed by atoms with E-state index in [4.69, 9.17) is 9.84 Å². The predicted molar refractivity (Wildman–Crippen MR) is 89.6 cm³/mol. The van der Waals surface area contributed by atoms with Crippen LogP contribution in [0.5, 0.6) is 5.75 Å². The molecule has 2 aromatic rings. The Balaban J connectivity index is 1.66. The molecule has 0 radical (unpaired) electrons. The molecule has 0 atom stereocenters. The summed E-state index contributed by atoms with van der Waals surface area (Å²) in [7, 11) is 0. The first-order chi connectivity index (χ1) is 11.3. The third-order valence-corrected chi connectivity index (χ3v) is 3.03. The molecular formula is C17H21N3O3. The zero-order valence-corrected chi connectivity index (χ0v) is 12.9. The van der Waals surface area contributed by atoms with Crippen LogP contribution < -0.4 is 15.4 Å². The molecular weight excluding hydrogens is 294 g/mol. The number of benzene rings is 1. The number of aliphatic hydroxyl groups is 1. The number of carbonyl (C=O) groups excluding carboxylic acids is 1. The fourth-order valence-electron chi connectivity index (χ4n) is 1.92. The zero-order valence-electron chi connectivity index (χ0n) is 12.9. The van der Waals surface area contributed by atoms with Gasteiger partial charge >= 0.3 is 0 Å². The maximum atomic E-state index is 11.8. The lowest BCUT2D eigenvalue weighted by molar-refractivity contribution is -0.116. The number of carbonyl (C=O) groups is 1. The summed E-state index contributed by atoms with van der Waals surface area (Å²) in [5.74, 6) is 1.40. The van der Waals surface area contributed by atoms with E-state index >= 15 is 0 Å². The number of aliphatic hydroxyl groups excluding tert-OH is 1. The van der Waals surface area contributed by atoms with E-state index in [0.29, 0.717) is 37.5 Å². The Morgan fingerprint density at radius 3 is 2.70 bits per heavy atom. The molecule has 0 bridgehead atoms. The molecule has 0 fully saturated rings. The monoisotopic (exact) mass is 315 g/mol. The Morgan fingerprint density at radius 2 is 2.00 bits per heavy atom. The van der Waals surface area contributed by atoms with Crippen LogP contribution >= 0.6 is 0 Å². The van der Waals surface area contributed by atoms with Crippen LogP contribution in [0, 0.1) is 0 Å². The summed E-state index contributed by atoms with van der Waals surface area (Å²) in [5, 5.41) is 14.5. The van der Waals surface area contributed by atoms with E-state index in [1.165, 1.54) is 0 Å². The first-order valence-corrected chi connectivity index (χ1v) is 7.56. The summed E-state index contributed by atoms with van der Waals surface area (Å²) in [4.78, 5) is 16.0. The minimum absolute atomic E-state index is 0.0468. The summed E-state index contributed by atoms with van der Waals surface area (Å²) in [5.41, 5.74) is 0.647. The molecule has 6 heteroatoms. The minimum Gasteiger partial charge on any atom is -0.494 e. The molecule has 0 saturated heterocycles. The molecule has 0 aliphatic heterocycles. The number of aromatic nitrogens is 1. The Bertz CT molecular complexity index is 588. The minimum atomic E-state index is -0.0699. The highest BCUT2D eigenvalue weighted by atomic mass is 16.5. The predicted octanol–water partition coefficient (Wildman–Crippen LogP) is 2.28. The van der Waals surface area contributed by atoms with E-state index in [2.05, 4.69) is 15.6 Å². The van der Waals surface area contributed by atoms with Gasteiger partial charge in [-0.25, -0.2) is 4.98 Å². The van der Waals surface area contributed by atoms with Crippen molar-refractivity contribution in [3.05, 3.63) is 48.7 Å². The lowest BCUT2D eigenvalue weighted by atomic mass is 10.3. The Morgan fingerprint density at radius 1 is 1.17 bits per heavy atom. The van der Waals surface area contributed by atoms with Crippen molar-refractivity contribution in [1.82, 2.24) is 4.98 Å². The van der Waals surface area contributed by atoms with Crippen LogP contribution in [0.1, 0.15) is 12.8 Å². The molecule has 0 aliphatic rings. The van der Waals surface area contributed by atoms with E-state index in [0.717, 1.165) is 5.75 Å². The lowest BCUT2D eigenvalue weighted by Gasteiger charge is -2.08. The van der Waals surface area contributed by atoms with Crippen LogP contribution in [0.15, 0.2) is 48.7 Å². The van der Waals surface area contributed by atoms with E-state index < -0.39 is 0 Å². The normalized spacial score (nSPS) is 10.1. The number of ether oxygens (including phenoxy) is 1. The van der Waals surface area contributed by atoms with Gasteiger partial charge in [0.1, 0.15) is 11.6 Å². The van der Waals surface area contributed by atoms with Crippen molar-refractivity contribution in [1.29, 1.82) is 0 Å². The number of hydrogen-bond acceptors (Lipinski definition) is 5. The second-order valence-electron chi connectivity index (χ2n) is 4.90. The molecule has 2 rings (SSSR count). The quantitative estimate of drug-likeness (QED) is 0.618. The van der Waals surface area contributed by atoms with Gasteiger partial charge in [0.2, 0.25) is 5.91 Å². The smallest absolute Gasteiger partial charge is 0.224 e. The highest BCUT2D eigenvalue weighted by Crippen LogP contribution is 2.11. The fourth-order valence-corrected chi connectivity index (χ4v) is 1.92. The second-order valence-corrected chi connectivity index (χ2v) is 4.90. The molecule has 3 N–H and O–H groups in total. The van der Waals surface area contributed by atoms with Crippen molar-refractivity contribution >= 4 is 17.4 Å². The number of amides is 1. The third-order valence-electron chi connectivity index (χ3n) is 3.03. The third kappa shape index (κ3) is 6.36. The molecule has 0 unspecified atom stereocenters. The molecule has 0 spiro atoms. The van der Waals surface area contributed by atoms with Gasteiger partial charge in [0.15, 0.2) is 0 Å². The van der Waals surface area contributed by atoms with Crippen LogP contribution in [-0.4, -0.2) is 35.8 Å². The number of para-hydroxylation sites is 1. The summed E-state index contributed by atoms with van der Waals surface area (Å²) < 4.78 is 5.54. The number of anilines is 2. The van der Waals surface area contributed by atoms with E-state index in [-0.39, 0.29) is 12.5 Å². The van der Waals surface area contributed by atoms with Crippen LogP contribution in [0.25, 0.3) is 0 Å². The average Bonchev–Trinajstić information content (AvgIpc) is 2.59. The summed E-state index contributed by atoms with van der Waals surface area (Å²) >= 11 is 0. The number of nitrogens with one attached hydrogen (secondary N) is 2. The first-order valence-electron chi connectivity index (χ1n) is 7.56. The van der Waals surface area contributed by atoms with Crippen molar-refractivity contribution in [2.45, 2.75) is 12.8 Å². The van der Waals surface area contributed by atoms with Crippen LogP contribution in [0.3, 0.4) is 0 Å². The number of hydrogen-bond donors (Lipinski definition) is 3. The topological polar surface area (TPSA) is 83.5 Å². The number of nitrogens with zero attached hydrogens (tertiary/aromatic N) is 1. The van der Waals surface area contributed by atoms with Crippen molar-refractivity contribution in [3.8, 4) is 5.75 Å². The molecule has 1 aromatic carbocycles. The van der Waals surface area contributed by atoms with Crippen LogP contribution in [0.4, 0.5) is 11.5 Å². The highest BCUT2D eigenvalue weighted by Gasteiger charge is 2.03. The molecule has 1 amide bonds. The number of pyridine rings is 1. The van der Waals surface area contributed by atoms with Crippen molar-refractivity contribution in [2.75, 3.05) is 30.4 Å². The molecule has 122 valence electrons. The second kappa shape index (κ2) is 9.42. The fraction of sp³-hybridized carbons (Fsp3) is 0.294. The summed E-state index contributed by atoms with van der Waals surface area (Å²) in [6, 6.07) is 13.0. The van der Waals surface area contributed by atoms with Gasteiger partial charge in [0.25, 0.3) is 0 Å². The molecule has 1 heterocycles. The van der Waals surface area contributed by atoms with Crippen LogP contribution in [-0.2, 0) is 4.79 Å². The standard InChI is InChI=1S/C17H21N3O3/c21-11-10-18-16-9-8-14(13-19-16)20-17(22)7-4-12-23-15-5-2-1-3-6-15/h1-3,5-6,8-9,13,21H,4,7,10-12H2,(H,18,19)(H,20,22). The van der Waals surface area contributed by atoms with Gasteiger partial charge in [0.05, 0.1) is 25.1 Å². The van der Waals surface area contributed by atoms with Gasteiger partial charge in [-0.1, -0.05) is 18.2 Å². The zero-order chi connectivity index (χ0) is 16.3. The van der Waals surface area contributed by atoms with Gasteiger partial charge < -0.3 is 20.5 Å². The van der Waals surface area contributed by atoms with Crippen molar-refractivity contribution < 1.29 is 14.6 Å². The van der Waals surface area contributed by atoms with Gasteiger partial charge in [-0.15, -0.1) is 0 Å². The maximum absolute atomic E-state index is 11.8. The van der Waals surface area contributed by atoms with Crippen LogP contribution in [0.2, 0.25) is 0 Å². The lowest BCUT2D eigenvalue weighted by Crippen LogP contribution is -2.13. The van der Waals surface area contributed by atoms with Gasteiger partial charge in [-0.05, 0) is 30.7 Å².